The van der Waals surface area contributed by atoms with Crippen LogP contribution in [0.15, 0.2) is 30.4 Å². The van der Waals surface area contributed by atoms with Crippen LogP contribution in [-0.2, 0) is 0 Å². The van der Waals surface area contributed by atoms with E-state index >= 15 is 0 Å². The smallest absolute Gasteiger partial charge is 0.321 e. The summed E-state index contributed by atoms with van der Waals surface area (Å²) >= 11 is 0. The lowest BCUT2D eigenvalue weighted by Crippen LogP contribution is -2.33. The van der Waals surface area contributed by atoms with Gasteiger partial charge in [0.05, 0.1) is 10.6 Å². The summed E-state index contributed by atoms with van der Waals surface area (Å²) in [5, 5.41) is 13.7. The van der Waals surface area contributed by atoms with Gasteiger partial charge in [-0.3, -0.25) is 10.1 Å². The third kappa shape index (κ3) is 2.81. The summed E-state index contributed by atoms with van der Waals surface area (Å²) in [6.45, 7) is 3.34. The van der Waals surface area contributed by atoms with Gasteiger partial charge in [-0.2, -0.15) is 0 Å². The van der Waals surface area contributed by atoms with Crippen molar-refractivity contribution in [3.8, 4) is 0 Å². The van der Waals surface area contributed by atoms with Crippen LogP contribution in [0.4, 0.5) is 16.2 Å². The number of nitro groups is 1. The Bertz CT molecular complexity index is 626. The van der Waals surface area contributed by atoms with Crippen molar-refractivity contribution in [2.24, 2.45) is 11.8 Å². The van der Waals surface area contributed by atoms with E-state index in [0.29, 0.717) is 17.5 Å². The van der Waals surface area contributed by atoms with Crippen molar-refractivity contribution >= 4 is 17.4 Å². The lowest BCUT2D eigenvalue weighted by molar-refractivity contribution is -0.384. The van der Waals surface area contributed by atoms with Crippen LogP contribution in [-0.4, -0.2) is 28.9 Å². The molecule has 0 aromatic heterocycles. The van der Waals surface area contributed by atoms with Gasteiger partial charge in [0.2, 0.25) is 0 Å². The fourth-order valence-electron chi connectivity index (χ4n) is 3.23. The molecular weight excluding hydrogens is 282 g/mol. The van der Waals surface area contributed by atoms with Crippen LogP contribution in [0.3, 0.4) is 0 Å². The molecule has 1 aliphatic carbocycles. The summed E-state index contributed by atoms with van der Waals surface area (Å²) < 4.78 is 0. The number of allylic oxidation sites excluding steroid dienone is 2. The first-order valence-corrected chi connectivity index (χ1v) is 7.50. The van der Waals surface area contributed by atoms with E-state index in [9.17, 15) is 14.9 Å². The summed E-state index contributed by atoms with van der Waals surface area (Å²) in [4.78, 5) is 24.6. The van der Waals surface area contributed by atoms with E-state index < -0.39 is 4.92 Å². The van der Waals surface area contributed by atoms with Crippen LogP contribution in [0.25, 0.3) is 0 Å². The summed E-state index contributed by atoms with van der Waals surface area (Å²) in [7, 11) is 0. The summed E-state index contributed by atoms with van der Waals surface area (Å²) in [5.74, 6) is 1.09. The number of amides is 2. The third-order valence-electron chi connectivity index (χ3n) is 4.58. The molecule has 0 saturated carbocycles. The molecule has 1 saturated heterocycles. The molecule has 1 N–H and O–H groups in total. The minimum absolute atomic E-state index is 0.0137. The number of anilines is 1. The predicted octanol–water partition coefficient (Wildman–Crippen LogP) is 3.33. The number of carbonyl (C=O) groups excluding carboxylic acids is 1. The first kappa shape index (κ1) is 14.6. The van der Waals surface area contributed by atoms with Crippen molar-refractivity contribution in [3.05, 3.63) is 46.0 Å². The molecule has 0 unspecified atom stereocenters. The number of rotatable bonds is 2. The molecule has 1 aliphatic heterocycles. The number of likely N-dealkylation sites (tertiary alicyclic amines) is 1. The van der Waals surface area contributed by atoms with Crippen LogP contribution in [0, 0.1) is 28.9 Å². The Kier molecular flexibility index (Phi) is 3.83. The molecule has 1 fully saturated rings. The van der Waals surface area contributed by atoms with E-state index in [1.54, 1.807) is 6.07 Å². The van der Waals surface area contributed by atoms with Gasteiger partial charge in [-0.15, -0.1) is 0 Å². The number of benzene rings is 1. The molecule has 0 spiro atoms. The number of nitrogens with one attached hydrogen (secondary N) is 1. The standard InChI is InChI=1S/C16H19N3O3/c1-11-6-7-14(19(21)22)8-15(11)17-16(20)18-9-12-4-2-3-5-13(12)10-18/h2-3,6-8,12-13H,4-5,9-10H2,1H3,(H,17,20)/t12-,13+. The summed E-state index contributed by atoms with van der Waals surface area (Å²) in [6.07, 6.45) is 6.44. The zero-order valence-corrected chi connectivity index (χ0v) is 12.5. The Hall–Kier alpha value is -2.37. The average molecular weight is 301 g/mol. The Balaban J connectivity index is 1.70. The van der Waals surface area contributed by atoms with Gasteiger partial charge in [-0.1, -0.05) is 18.2 Å². The molecule has 3 rings (SSSR count). The number of nitrogens with zero attached hydrogens (tertiary/aromatic N) is 2. The van der Waals surface area contributed by atoms with Crippen molar-refractivity contribution in [1.82, 2.24) is 4.90 Å². The van der Waals surface area contributed by atoms with Gasteiger partial charge < -0.3 is 10.2 Å². The number of hydrogen-bond acceptors (Lipinski definition) is 3. The van der Waals surface area contributed by atoms with Gasteiger partial charge >= 0.3 is 6.03 Å². The fourth-order valence-corrected chi connectivity index (χ4v) is 3.23. The molecule has 1 aromatic carbocycles. The lowest BCUT2D eigenvalue weighted by atomic mass is 9.86. The number of nitro benzene ring substituents is 1. The molecule has 0 radical (unpaired) electrons. The topological polar surface area (TPSA) is 75.5 Å². The van der Waals surface area contributed by atoms with Gasteiger partial charge in [-0.05, 0) is 37.2 Å². The number of fused-ring (bicyclic) bond motifs is 1. The van der Waals surface area contributed by atoms with Crippen LogP contribution >= 0.6 is 0 Å². The minimum Gasteiger partial charge on any atom is -0.324 e. The second-order valence-corrected chi connectivity index (χ2v) is 6.05. The Morgan fingerprint density at radius 3 is 2.50 bits per heavy atom. The van der Waals surface area contributed by atoms with Gasteiger partial charge in [0.1, 0.15) is 0 Å². The maximum atomic E-state index is 12.4. The van der Waals surface area contributed by atoms with Crippen molar-refractivity contribution in [3.63, 3.8) is 0 Å². The van der Waals surface area contributed by atoms with Crippen molar-refractivity contribution < 1.29 is 9.72 Å². The SMILES string of the molecule is Cc1ccc([N+](=O)[O-])cc1NC(=O)N1C[C@H]2CC=CC[C@H]2C1. The second kappa shape index (κ2) is 5.79. The molecule has 22 heavy (non-hydrogen) atoms. The number of urea groups is 1. The molecule has 1 aromatic rings. The monoisotopic (exact) mass is 301 g/mol. The van der Waals surface area contributed by atoms with E-state index in [1.807, 2.05) is 11.8 Å². The average Bonchev–Trinajstić information content (AvgIpc) is 2.93. The number of aryl methyl sites for hydroxylation is 1. The fraction of sp³-hybridized carbons (Fsp3) is 0.438. The summed E-state index contributed by atoms with van der Waals surface area (Å²) in [5.41, 5.74) is 1.31. The highest BCUT2D eigenvalue weighted by Crippen LogP contribution is 2.33. The van der Waals surface area contributed by atoms with Crippen LogP contribution < -0.4 is 5.32 Å². The van der Waals surface area contributed by atoms with Gasteiger partial charge in [0.25, 0.3) is 5.69 Å². The van der Waals surface area contributed by atoms with E-state index in [-0.39, 0.29) is 11.7 Å². The molecule has 2 aliphatic rings. The highest BCUT2D eigenvalue weighted by Gasteiger charge is 2.35. The molecule has 6 nitrogen and oxygen atoms in total. The number of carbonyl (C=O) groups is 1. The van der Waals surface area contributed by atoms with Crippen LogP contribution in [0.2, 0.25) is 0 Å². The summed E-state index contributed by atoms with van der Waals surface area (Å²) in [6, 6.07) is 4.35. The highest BCUT2D eigenvalue weighted by molar-refractivity contribution is 5.90. The maximum absolute atomic E-state index is 12.4. The van der Waals surface area contributed by atoms with E-state index in [0.717, 1.165) is 31.5 Å². The molecule has 2 atom stereocenters. The van der Waals surface area contributed by atoms with E-state index in [1.165, 1.54) is 12.1 Å². The van der Waals surface area contributed by atoms with Gasteiger partial charge in [0, 0.05) is 25.2 Å². The maximum Gasteiger partial charge on any atom is 0.321 e. The lowest BCUT2D eigenvalue weighted by Gasteiger charge is -2.18. The van der Waals surface area contributed by atoms with E-state index in [2.05, 4.69) is 17.5 Å². The molecule has 116 valence electrons. The minimum atomic E-state index is -0.453. The Labute approximate surface area is 129 Å². The largest absolute Gasteiger partial charge is 0.324 e. The van der Waals surface area contributed by atoms with Gasteiger partial charge in [-0.25, -0.2) is 4.79 Å². The molecule has 6 heteroatoms. The molecule has 0 bridgehead atoms. The van der Waals surface area contributed by atoms with Gasteiger partial charge in [0.15, 0.2) is 0 Å². The number of hydrogen-bond donors (Lipinski definition) is 1. The normalized spacial score (nSPS) is 23.2. The highest BCUT2D eigenvalue weighted by atomic mass is 16.6. The third-order valence-corrected chi connectivity index (χ3v) is 4.58. The Morgan fingerprint density at radius 2 is 1.91 bits per heavy atom. The van der Waals surface area contributed by atoms with Crippen molar-refractivity contribution in [2.75, 3.05) is 18.4 Å². The quantitative estimate of drug-likeness (QED) is 0.517. The zero-order valence-electron chi connectivity index (χ0n) is 12.5. The van der Waals surface area contributed by atoms with E-state index in [4.69, 9.17) is 0 Å². The van der Waals surface area contributed by atoms with Crippen LogP contribution in [0.1, 0.15) is 18.4 Å². The van der Waals surface area contributed by atoms with Crippen molar-refractivity contribution in [2.45, 2.75) is 19.8 Å². The molecular formula is C16H19N3O3. The first-order valence-electron chi connectivity index (χ1n) is 7.50. The predicted molar refractivity (Wildman–Crippen MR) is 83.8 cm³/mol. The molecule has 1 heterocycles. The number of non-ortho nitro benzene ring substituents is 1. The second-order valence-electron chi connectivity index (χ2n) is 6.05. The molecule has 2 amide bonds. The zero-order chi connectivity index (χ0) is 15.7. The van der Waals surface area contributed by atoms with Crippen LogP contribution in [0.5, 0.6) is 0 Å². The first-order chi connectivity index (χ1) is 10.5. The Morgan fingerprint density at radius 1 is 1.27 bits per heavy atom. The van der Waals surface area contributed by atoms with Crippen molar-refractivity contribution in [1.29, 1.82) is 0 Å².